The number of hydrogen-bond acceptors (Lipinski definition) is 4. The second-order valence-electron chi connectivity index (χ2n) is 6.56. The zero-order chi connectivity index (χ0) is 16.6. The Bertz CT molecular complexity index is 800. The van der Waals surface area contributed by atoms with Gasteiger partial charge in [-0.05, 0) is 37.0 Å². The van der Waals surface area contributed by atoms with Gasteiger partial charge in [-0.1, -0.05) is 6.92 Å². The van der Waals surface area contributed by atoms with Crippen molar-refractivity contribution in [1.82, 2.24) is 19.0 Å². The summed E-state index contributed by atoms with van der Waals surface area (Å²) >= 11 is 0. The Hall–Kier alpha value is -1.44. The molecule has 3 rings (SSSR count). The van der Waals surface area contributed by atoms with Crippen LogP contribution in [-0.4, -0.2) is 47.5 Å². The van der Waals surface area contributed by atoms with Gasteiger partial charge in [-0.3, -0.25) is 0 Å². The maximum Gasteiger partial charge on any atom is 0.211 e. The second-order valence-corrected chi connectivity index (χ2v) is 8.54. The standard InChI is InChI=1S/C16H24N4O2S/c1-12-4-7-20-14(10-18-16(20)8-12)9-17-15-5-6-19(11-13(15)2)23(3,21)22/h4,7-8,10,13,15,17H,5-6,9,11H2,1-3H3/t13-,15-/m1/s1. The van der Waals surface area contributed by atoms with Crippen molar-refractivity contribution in [3.63, 3.8) is 0 Å². The van der Waals surface area contributed by atoms with Crippen LogP contribution in [0.5, 0.6) is 0 Å². The van der Waals surface area contributed by atoms with Crippen LogP contribution in [0.1, 0.15) is 24.6 Å². The van der Waals surface area contributed by atoms with Crippen LogP contribution in [0.25, 0.3) is 5.65 Å². The molecule has 3 heterocycles. The van der Waals surface area contributed by atoms with Crippen LogP contribution in [0.3, 0.4) is 0 Å². The first kappa shape index (κ1) is 16.4. The third-order valence-electron chi connectivity index (χ3n) is 4.63. The van der Waals surface area contributed by atoms with Crippen molar-refractivity contribution in [2.75, 3.05) is 19.3 Å². The molecule has 0 saturated carbocycles. The van der Waals surface area contributed by atoms with Crippen LogP contribution in [0, 0.1) is 12.8 Å². The molecule has 0 unspecified atom stereocenters. The van der Waals surface area contributed by atoms with Gasteiger partial charge >= 0.3 is 0 Å². The molecular formula is C16H24N4O2S. The highest BCUT2D eigenvalue weighted by atomic mass is 32.2. The number of piperidine rings is 1. The lowest BCUT2D eigenvalue weighted by Gasteiger charge is -2.36. The molecule has 23 heavy (non-hydrogen) atoms. The molecule has 0 bridgehead atoms. The van der Waals surface area contributed by atoms with E-state index in [0.29, 0.717) is 25.0 Å². The van der Waals surface area contributed by atoms with Crippen molar-refractivity contribution >= 4 is 15.7 Å². The van der Waals surface area contributed by atoms with E-state index in [2.05, 4.69) is 40.7 Å². The van der Waals surface area contributed by atoms with E-state index in [1.165, 1.54) is 11.8 Å². The number of fused-ring (bicyclic) bond motifs is 1. The van der Waals surface area contributed by atoms with Gasteiger partial charge in [-0.25, -0.2) is 17.7 Å². The van der Waals surface area contributed by atoms with Crippen molar-refractivity contribution in [3.8, 4) is 0 Å². The molecule has 1 N–H and O–H groups in total. The number of imidazole rings is 1. The summed E-state index contributed by atoms with van der Waals surface area (Å²) in [5.74, 6) is 0.292. The molecule has 1 fully saturated rings. The molecule has 1 aliphatic heterocycles. The van der Waals surface area contributed by atoms with E-state index < -0.39 is 10.0 Å². The van der Waals surface area contributed by atoms with Gasteiger partial charge in [0.1, 0.15) is 5.65 Å². The summed E-state index contributed by atoms with van der Waals surface area (Å²) in [5, 5.41) is 3.57. The highest BCUT2D eigenvalue weighted by molar-refractivity contribution is 7.88. The van der Waals surface area contributed by atoms with E-state index in [9.17, 15) is 8.42 Å². The number of nitrogens with zero attached hydrogens (tertiary/aromatic N) is 3. The fraction of sp³-hybridized carbons (Fsp3) is 0.562. The minimum atomic E-state index is -3.08. The first-order chi connectivity index (χ1) is 10.8. The molecule has 126 valence electrons. The summed E-state index contributed by atoms with van der Waals surface area (Å²) in [6.45, 7) is 6.07. The van der Waals surface area contributed by atoms with Crippen molar-refractivity contribution in [1.29, 1.82) is 0 Å². The molecule has 1 aliphatic rings. The van der Waals surface area contributed by atoms with Crippen molar-refractivity contribution in [3.05, 3.63) is 35.8 Å². The Morgan fingerprint density at radius 3 is 2.91 bits per heavy atom. The summed E-state index contributed by atoms with van der Waals surface area (Å²) in [7, 11) is -3.08. The predicted molar refractivity (Wildman–Crippen MR) is 90.8 cm³/mol. The SMILES string of the molecule is Cc1ccn2c(CN[C@@H]3CCN(S(C)(=O)=O)C[C@H]3C)cnc2c1. The van der Waals surface area contributed by atoms with Gasteiger partial charge in [0.25, 0.3) is 0 Å². The van der Waals surface area contributed by atoms with Crippen LogP contribution in [0.4, 0.5) is 0 Å². The lowest BCUT2D eigenvalue weighted by molar-refractivity contribution is 0.219. The molecule has 0 spiro atoms. The molecule has 2 aromatic heterocycles. The van der Waals surface area contributed by atoms with Gasteiger partial charge < -0.3 is 9.72 Å². The zero-order valence-electron chi connectivity index (χ0n) is 13.9. The van der Waals surface area contributed by atoms with Gasteiger partial charge in [0, 0.05) is 31.9 Å². The van der Waals surface area contributed by atoms with E-state index in [0.717, 1.165) is 24.3 Å². The monoisotopic (exact) mass is 336 g/mol. The Labute approximate surface area is 137 Å². The van der Waals surface area contributed by atoms with Gasteiger partial charge in [0.15, 0.2) is 0 Å². The minimum absolute atomic E-state index is 0.292. The van der Waals surface area contributed by atoms with Gasteiger partial charge in [-0.15, -0.1) is 0 Å². The van der Waals surface area contributed by atoms with Crippen LogP contribution in [-0.2, 0) is 16.6 Å². The number of aromatic nitrogens is 2. The highest BCUT2D eigenvalue weighted by Crippen LogP contribution is 2.19. The number of pyridine rings is 1. The number of aryl methyl sites for hydroxylation is 1. The molecule has 6 nitrogen and oxygen atoms in total. The van der Waals surface area contributed by atoms with Crippen LogP contribution >= 0.6 is 0 Å². The van der Waals surface area contributed by atoms with Gasteiger partial charge in [-0.2, -0.15) is 0 Å². The molecule has 0 radical (unpaired) electrons. The molecule has 1 saturated heterocycles. The smallest absolute Gasteiger partial charge is 0.211 e. The lowest BCUT2D eigenvalue weighted by Crippen LogP contribution is -2.49. The van der Waals surface area contributed by atoms with Gasteiger partial charge in [0.2, 0.25) is 10.0 Å². The van der Waals surface area contributed by atoms with E-state index in [-0.39, 0.29) is 0 Å². The maximum atomic E-state index is 11.7. The number of nitrogens with one attached hydrogen (secondary N) is 1. The summed E-state index contributed by atoms with van der Waals surface area (Å²) < 4.78 is 27.0. The fourth-order valence-electron chi connectivity index (χ4n) is 3.21. The third kappa shape index (κ3) is 3.57. The average molecular weight is 336 g/mol. The molecule has 0 amide bonds. The molecule has 7 heteroatoms. The quantitative estimate of drug-likeness (QED) is 0.916. The molecular weight excluding hydrogens is 312 g/mol. The largest absolute Gasteiger partial charge is 0.308 e. The fourth-order valence-corrected chi connectivity index (χ4v) is 4.16. The normalized spacial score (nSPS) is 23.4. The van der Waals surface area contributed by atoms with Crippen LogP contribution < -0.4 is 5.32 Å². The summed E-state index contributed by atoms with van der Waals surface area (Å²) in [5.41, 5.74) is 3.28. The van der Waals surface area contributed by atoms with Crippen molar-refractivity contribution < 1.29 is 8.42 Å². The highest BCUT2D eigenvalue weighted by Gasteiger charge is 2.30. The van der Waals surface area contributed by atoms with Crippen molar-refractivity contribution in [2.45, 2.75) is 32.9 Å². The van der Waals surface area contributed by atoms with Crippen LogP contribution in [0.2, 0.25) is 0 Å². The summed E-state index contributed by atoms with van der Waals surface area (Å²) in [6, 6.07) is 4.46. The Morgan fingerprint density at radius 1 is 1.43 bits per heavy atom. The summed E-state index contributed by atoms with van der Waals surface area (Å²) in [4.78, 5) is 4.44. The Kier molecular flexibility index (Phi) is 4.44. The average Bonchev–Trinajstić information content (AvgIpc) is 2.87. The van der Waals surface area contributed by atoms with Crippen LogP contribution in [0.15, 0.2) is 24.5 Å². The van der Waals surface area contributed by atoms with Gasteiger partial charge in [0.05, 0.1) is 18.1 Å². The van der Waals surface area contributed by atoms with Crippen molar-refractivity contribution in [2.24, 2.45) is 5.92 Å². The van der Waals surface area contributed by atoms with E-state index in [1.54, 1.807) is 4.31 Å². The topological polar surface area (TPSA) is 66.7 Å². The minimum Gasteiger partial charge on any atom is -0.308 e. The van der Waals surface area contributed by atoms with E-state index in [1.807, 2.05) is 12.4 Å². The number of hydrogen-bond donors (Lipinski definition) is 1. The second kappa shape index (κ2) is 6.22. The first-order valence-corrected chi connectivity index (χ1v) is 9.80. The third-order valence-corrected chi connectivity index (χ3v) is 5.90. The Morgan fingerprint density at radius 2 is 2.22 bits per heavy atom. The lowest BCUT2D eigenvalue weighted by atomic mass is 9.95. The van der Waals surface area contributed by atoms with E-state index in [4.69, 9.17) is 0 Å². The molecule has 2 aromatic rings. The zero-order valence-corrected chi connectivity index (χ0v) is 14.7. The predicted octanol–water partition coefficient (Wildman–Crippen LogP) is 1.40. The molecule has 2 atom stereocenters. The maximum absolute atomic E-state index is 11.7. The first-order valence-electron chi connectivity index (χ1n) is 7.95. The Balaban J connectivity index is 1.64. The number of sulfonamides is 1. The number of rotatable bonds is 4. The summed E-state index contributed by atoms with van der Waals surface area (Å²) in [6.07, 6.45) is 6.07. The molecule has 0 aliphatic carbocycles. The van der Waals surface area contributed by atoms with E-state index >= 15 is 0 Å². The molecule has 0 aromatic carbocycles.